The molecule has 1 aromatic heterocycles. The molecule has 1 aliphatic carbocycles. The quantitative estimate of drug-likeness (QED) is 0.318. The first-order chi connectivity index (χ1) is 19.3. The smallest absolute Gasteiger partial charge is 0.410 e. The molecular weight excluding hydrogens is 506 g/mol. The van der Waals surface area contributed by atoms with Crippen molar-refractivity contribution in [2.75, 3.05) is 26.8 Å². The van der Waals surface area contributed by atoms with Gasteiger partial charge in [0.1, 0.15) is 11.4 Å². The molecule has 2 fully saturated rings. The molecule has 1 aliphatic heterocycles. The minimum Gasteiger partial charge on any atom is -0.490 e. The zero-order valence-corrected chi connectivity index (χ0v) is 25.0. The molecule has 2 atom stereocenters. The summed E-state index contributed by atoms with van der Waals surface area (Å²) in [7, 11) is 1.68. The maximum atomic E-state index is 12.6. The van der Waals surface area contributed by atoms with E-state index in [4.69, 9.17) is 18.9 Å². The van der Waals surface area contributed by atoms with Crippen molar-refractivity contribution < 1.29 is 23.7 Å². The second kappa shape index (κ2) is 14.2. The van der Waals surface area contributed by atoms with Crippen LogP contribution in [0.5, 0.6) is 11.6 Å². The molecule has 0 unspecified atom stereocenters. The van der Waals surface area contributed by atoms with E-state index in [2.05, 4.69) is 41.4 Å². The molecule has 2 heterocycles. The monoisotopic (exact) mass is 553 g/mol. The average Bonchev–Trinajstić information content (AvgIpc) is 2.95. The summed E-state index contributed by atoms with van der Waals surface area (Å²) in [4.78, 5) is 14.3. The van der Waals surface area contributed by atoms with Gasteiger partial charge in [-0.2, -0.15) is 5.10 Å². The molecule has 0 bridgehead atoms. The number of hydrogen-bond donors (Lipinski definition) is 0. The maximum Gasteiger partial charge on any atom is 0.410 e. The Hall–Kier alpha value is -2.87. The standard InChI is InChI=1S/C32H47N3O5/c1-6-7-13-28-27(23-14-16-26(17-15-23)39-25-11-9-8-10-12-25)20-30(34-33-28)38-22-24-18-19-35(21-29(24)37-5)31(36)40-32(2,3)4/h14-17,20,24-25,29H,6-13,18-19,21-22H2,1-5H3/t24-,29-/m1/s1. The highest BCUT2D eigenvalue weighted by Gasteiger charge is 2.34. The molecule has 40 heavy (non-hydrogen) atoms. The summed E-state index contributed by atoms with van der Waals surface area (Å²) < 4.78 is 23.7. The summed E-state index contributed by atoms with van der Waals surface area (Å²) >= 11 is 0. The SMILES string of the molecule is CCCCc1nnc(OC[C@H]2CCN(C(=O)OC(C)(C)C)C[C@H]2OC)cc1-c1ccc(OC2CCCCC2)cc1. The normalized spacial score (nSPS) is 20.3. The number of aryl methyl sites for hydroxylation is 1. The molecule has 2 aromatic rings. The summed E-state index contributed by atoms with van der Waals surface area (Å²) in [6.45, 7) is 9.33. The highest BCUT2D eigenvalue weighted by atomic mass is 16.6. The molecule has 1 amide bonds. The molecule has 1 saturated heterocycles. The first-order valence-electron chi connectivity index (χ1n) is 15.0. The summed E-state index contributed by atoms with van der Waals surface area (Å²) in [6.07, 6.45) is 9.75. The van der Waals surface area contributed by atoms with E-state index in [1.807, 2.05) is 26.8 Å². The van der Waals surface area contributed by atoms with Crippen molar-refractivity contribution >= 4 is 6.09 Å². The number of ether oxygens (including phenoxy) is 4. The zero-order chi connectivity index (χ0) is 28.5. The van der Waals surface area contributed by atoms with Gasteiger partial charge in [0.2, 0.25) is 5.88 Å². The van der Waals surface area contributed by atoms with Gasteiger partial charge in [0.25, 0.3) is 0 Å². The van der Waals surface area contributed by atoms with Gasteiger partial charge in [0.15, 0.2) is 0 Å². The van der Waals surface area contributed by atoms with Gasteiger partial charge in [0, 0.05) is 31.2 Å². The highest BCUT2D eigenvalue weighted by Crippen LogP contribution is 2.30. The Kier molecular flexibility index (Phi) is 10.6. The van der Waals surface area contributed by atoms with Crippen molar-refractivity contribution in [2.24, 2.45) is 5.92 Å². The van der Waals surface area contributed by atoms with Crippen molar-refractivity contribution in [1.82, 2.24) is 15.1 Å². The Morgan fingerprint density at radius 3 is 2.48 bits per heavy atom. The van der Waals surface area contributed by atoms with Gasteiger partial charge >= 0.3 is 6.09 Å². The van der Waals surface area contributed by atoms with Gasteiger partial charge in [-0.25, -0.2) is 4.79 Å². The third-order valence-electron chi connectivity index (χ3n) is 7.73. The van der Waals surface area contributed by atoms with E-state index in [9.17, 15) is 4.79 Å². The molecule has 0 N–H and O–H groups in total. The summed E-state index contributed by atoms with van der Waals surface area (Å²) in [5, 5.41) is 8.98. The van der Waals surface area contributed by atoms with Crippen molar-refractivity contribution in [1.29, 1.82) is 0 Å². The van der Waals surface area contributed by atoms with Crippen LogP contribution in [0.15, 0.2) is 30.3 Å². The number of amides is 1. The van der Waals surface area contributed by atoms with Gasteiger partial charge in [-0.05, 0) is 83.4 Å². The molecule has 2 aliphatic rings. The van der Waals surface area contributed by atoms with Crippen molar-refractivity contribution in [3.8, 4) is 22.8 Å². The predicted octanol–water partition coefficient (Wildman–Crippen LogP) is 6.85. The topological polar surface area (TPSA) is 83.0 Å². The first-order valence-corrected chi connectivity index (χ1v) is 15.0. The van der Waals surface area contributed by atoms with Gasteiger partial charge in [0.05, 0.1) is 31.1 Å². The van der Waals surface area contributed by atoms with Crippen LogP contribution < -0.4 is 9.47 Å². The fourth-order valence-electron chi connectivity index (χ4n) is 5.44. The number of likely N-dealkylation sites (tertiary alicyclic amines) is 1. The largest absolute Gasteiger partial charge is 0.490 e. The number of methoxy groups -OCH3 is 1. The van der Waals surface area contributed by atoms with Crippen LogP contribution >= 0.6 is 0 Å². The number of benzene rings is 1. The molecule has 0 radical (unpaired) electrons. The Bertz CT molecular complexity index is 1080. The van der Waals surface area contributed by atoms with E-state index in [0.29, 0.717) is 31.7 Å². The van der Waals surface area contributed by atoms with Crippen LogP contribution in [0.25, 0.3) is 11.1 Å². The third kappa shape index (κ3) is 8.56. The predicted molar refractivity (Wildman–Crippen MR) is 156 cm³/mol. The number of hydrogen-bond acceptors (Lipinski definition) is 7. The molecular formula is C32H47N3O5. The van der Waals surface area contributed by atoms with Gasteiger partial charge in [-0.3, -0.25) is 0 Å². The Morgan fingerprint density at radius 2 is 1.80 bits per heavy atom. The van der Waals surface area contributed by atoms with E-state index in [0.717, 1.165) is 61.1 Å². The van der Waals surface area contributed by atoms with Crippen LogP contribution in [-0.4, -0.2) is 65.8 Å². The van der Waals surface area contributed by atoms with E-state index in [-0.39, 0.29) is 18.1 Å². The second-order valence-corrected chi connectivity index (χ2v) is 12.1. The molecule has 4 rings (SSSR count). The van der Waals surface area contributed by atoms with E-state index >= 15 is 0 Å². The zero-order valence-electron chi connectivity index (χ0n) is 25.0. The number of unbranched alkanes of at least 4 members (excludes halogenated alkanes) is 1. The average molecular weight is 554 g/mol. The lowest BCUT2D eigenvalue weighted by Gasteiger charge is -2.38. The van der Waals surface area contributed by atoms with Crippen LogP contribution in [0.4, 0.5) is 4.79 Å². The van der Waals surface area contributed by atoms with Crippen LogP contribution in [0.3, 0.4) is 0 Å². The van der Waals surface area contributed by atoms with Crippen LogP contribution in [0.2, 0.25) is 0 Å². The van der Waals surface area contributed by atoms with Crippen LogP contribution in [-0.2, 0) is 15.9 Å². The molecule has 8 heteroatoms. The molecule has 8 nitrogen and oxygen atoms in total. The Morgan fingerprint density at radius 1 is 1.05 bits per heavy atom. The maximum absolute atomic E-state index is 12.6. The van der Waals surface area contributed by atoms with E-state index in [1.165, 1.54) is 19.3 Å². The number of carbonyl (C=O) groups is 1. The number of piperidine rings is 1. The summed E-state index contributed by atoms with van der Waals surface area (Å²) in [5.41, 5.74) is 2.59. The number of carbonyl (C=O) groups excluding carboxylic acids is 1. The van der Waals surface area contributed by atoms with Gasteiger partial charge in [-0.1, -0.05) is 31.9 Å². The molecule has 0 spiro atoms. The number of nitrogens with zero attached hydrogens (tertiary/aromatic N) is 3. The van der Waals surface area contributed by atoms with Crippen LogP contribution in [0, 0.1) is 5.92 Å². The number of aromatic nitrogens is 2. The molecule has 1 aromatic carbocycles. The van der Waals surface area contributed by atoms with Crippen molar-refractivity contribution in [3.63, 3.8) is 0 Å². The fraction of sp³-hybridized carbons (Fsp3) is 0.656. The highest BCUT2D eigenvalue weighted by molar-refractivity contribution is 5.68. The van der Waals surface area contributed by atoms with Gasteiger partial charge in [-0.15, -0.1) is 5.10 Å². The van der Waals surface area contributed by atoms with Crippen LogP contribution in [0.1, 0.15) is 84.8 Å². The lowest BCUT2D eigenvalue weighted by atomic mass is 9.94. The molecule has 220 valence electrons. The van der Waals surface area contributed by atoms with E-state index < -0.39 is 5.60 Å². The minimum atomic E-state index is -0.526. The summed E-state index contributed by atoms with van der Waals surface area (Å²) in [5.74, 6) is 1.56. The van der Waals surface area contributed by atoms with Gasteiger partial charge < -0.3 is 23.8 Å². The second-order valence-electron chi connectivity index (χ2n) is 12.1. The lowest BCUT2D eigenvalue weighted by molar-refractivity contribution is -0.0384. The fourth-order valence-corrected chi connectivity index (χ4v) is 5.44. The molecule has 1 saturated carbocycles. The Labute approximate surface area is 239 Å². The third-order valence-corrected chi connectivity index (χ3v) is 7.73. The summed E-state index contributed by atoms with van der Waals surface area (Å²) in [6, 6.07) is 10.4. The minimum absolute atomic E-state index is 0.130. The van der Waals surface area contributed by atoms with E-state index in [1.54, 1.807) is 12.0 Å². The lowest BCUT2D eigenvalue weighted by Crippen LogP contribution is -2.50. The first kappa shape index (κ1) is 30.1. The van der Waals surface area contributed by atoms with Crippen molar-refractivity contribution in [3.05, 3.63) is 36.0 Å². The number of rotatable bonds is 10. The Balaban J connectivity index is 1.41. The van der Waals surface area contributed by atoms with Crippen molar-refractivity contribution in [2.45, 2.75) is 103 Å².